The first-order valence-corrected chi connectivity index (χ1v) is 10.8. The van der Waals surface area contributed by atoms with Crippen molar-refractivity contribution in [2.24, 2.45) is 5.92 Å². The van der Waals surface area contributed by atoms with Crippen molar-refractivity contribution in [1.29, 1.82) is 0 Å². The Labute approximate surface area is 184 Å². The van der Waals surface area contributed by atoms with Crippen LogP contribution in [0.1, 0.15) is 61.0 Å². The molecule has 0 spiro atoms. The van der Waals surface area contributed by atoms with E-state index in [4.69, 9.17) is 0 Å². The van der Waals surface area contributed by atoms with Crippen LogP contribution in [0.3, 0.4) is 0 Å². The number of nitrogens with zero attached hydrogens (tertiary/aromatic N) is 1. The largest absolute Gasteiger partial charge is 0.416 e. The van der Waals surface area contributed by atoms with Crippen molar-refractivity contribution < 1.29 is 31.5 Å². The highest BCUT2D eigenvalue weighted by atomic mass is 19.4. The van der Waals surface area contributed by atoms with Crippen molar-refractivity contribution in [3.63, 3.8) is 0 Å². The summed E-state index contributed by atoms with van der Waals surface area (Å²) in [5.74, 6) is -4.23. The smallest absolute Gasteiger partial charge is 0.355 e. The fourth-order valence-corrected chi connectivity index (χ4v) is 3.55. The van der Waals surface area contributed by atoms with Gasteiger partial charge in [0, 0.05) is 30.6 Å². The van der Waals surface area contributed by atoms with Crippen molar-refractivity contribution in [3.05, 3.63) is 34.9 Å². The zero-order valence-corrected chi connectivity index (χ0v) is 18.3. The molecule has 0 atom stereocenters. The molecule has 2 rings (SSSR count). The lowest BCUT2D eigenvalue weighted by Gasteiger charge is -2.31. The van der Waals surface area contributed by atoms with E-state index in [1.807, 2.05) is 11.8 Å². The summed E-state index contributed by atoms with van der Waals surface area (Å²) in [4.78, 5) is 26.3. The second-order valence-corrected chi connectivity index (χ2v) is 8.13. The first-order valence-electron chi connectivity index (χ1n) is 10.8. The normalized spacial score (nSPS) is 16.1. The highest BCUT2D eigenvalue weighted by Gasteiger charge is 2.36. The SMILES string of the molecule is CCCNC(=O)CN1CCC(CNC(=O)c2cc(C(F)(F)F)cc(C(F)(F)CC)c2)CC1. The van der Waals surface area contributed by atoms with E-state index in [2.05, 4.69) is 10.6 Å². The summed E-state index contributed by atoms with van der Waals surface area (Å²) in [7, 11) is 0. The van der Waals surface area contributed by atoms with Crippen molar-refractivity contribution in [1.82, 2.24) is 15.5 Å². The van der Waals surface area contributed by atoms with Crippen LogP contribution < -0.4 is 10.6 Å². The van der Waals surface area contributed by atoms with Crippen LogP contribution >= 0.6 is 0 Å². The number of benzene rings is 1. The molecular formula is C22H30F5N3O2. The molecule has 0 aliphatic carbocycles. The average Bonchev–Trinajstić information content (AvgIpc) is 2.76. The van der Waals surface area contributed by atoms with Crippen LogP contribution in [0.25, 0.3) is 0 Å². The molecule has 180 valence electrons. The fourth-order valence-electron chi connectivity index (χ4n) is 3.55. The third-order valence-electron chi connectivity index (χ3n) is 5.59. The number of likely N-dealkylation sites (tertiary alicyclic amines) is 1. The van der Waals surface area contributed by atoms with E-state index in [9.17, 15) is 31.5 Å². The molecule has 1 aromatic carbocycles. The van der Waals surface area contributed by atoms with Gasteiger partial charge in [0.05, 0.1) is 12.1 Å². The van der Waals surface area contributed by atoms with E-state index in [1.54, 1.807) is 0 Å². The minimum atomic E-state index is -4.84. The number of carbonyl (C=O) groups excluding carboxylic acids is 2. The van der Waals surface area contributed by atoms with Gasteiger partial charge in [0.1, 0.15) is 0 Å². The van der Waals surface area contributed by atoms with Gasteiger partial charge in [0.15, 0.2) is 0 Å². The first-order chi connectivity index (χ1) is 15.0. The Morgan fingerprint density at radius 1 is 1.00 bits per heavy atom. The Balaban J connectivity index is 1.96. The Morgan fingerprint density at radius 3 is 2.19 bits per heavy atom. The number of piperidine rings is 1. The van der Waals surface area contributed by atoms with Gasteiger partial charge in [-0.15, -0.1) is 0 Å². The minimum absolute atomic E-state index is 0.0390. The summed E-state index contributed by atoms with van der Waals surface area (Å²) in [5.41, 5.74) is -2.54. The van der Waals surface area contributed by atoms with Crippen LogP contribution in [0.5, 0.6) is 0 Å². The van der Waals surface area contributed by atoms with Gasteiger partial charge in [-0.25, -0.2) is 8.78 Å². The van der Waals surface area contributed by atoms with E-state index in [0.29, 0.717) is 51.2 Å². The molecule has 1 heterocycles. The van der Waals surface area contributed by atoms with Gasteiger partial charge in [-0.3, -0.25) is 14.5 Å². The Hall–Kier alpha value is -2.23. The standard InChI is InChI=1S/C22H30F5N3O2/c1-3-7-28-19(31)14-30-8-5-15(6-9-30)13-29-20(32)16-10-17(21(23,24)4-2)12-18(11-16)22(25,26)27/h10-12,15H,3-9,13-14H2,1-2H3,(H,28,31)(H,29,32). The minimum Gasteiger partial charge on any atom is -0.355 e. The molecule has 1 fully saturated rings. The van der Waals surface area contributed by atoms with Crippen LogP contribution in [-0.2, 0) is 16.9 Å². The Kier molecular flexibility index (Phi) is 9.00. The number of nitrogens with one attached hydrogen (secondary N) is 2. The van der Waals surface area contributed by atoms with Gasteiger partial charge in [-0.1, -0.05) is 13.8 Å². The molecule has 32 heavy (non-hydrogen) atoms. The summed E-state index contributed by atoms with van der Waals surface area (Å²) in [5, 5.41) is 5.39. The molecule has 1 aliphatic heterocycles. The van der Waals surface area contributed by atoms with Gasteiger partial charge in [-0.2, -0.15) is 13.2 Å². The van der Waals surface area contributed by atoms with Gasteiger partial charge < -0.3 is 10.6 Å². The molecule has 5 nitrogen and oxygen atoms in total. The molecule has 1 aromatic rings. The van der Waals surface area contributed by atoms with Crippen LogP contribution in [-0.4, -0.2) is 49.4 Å². The van der Waals surface area contributed by atoms with E-state index >= 15 is 0 Å². The fraction of sp³-hybridized carbons (Fsp3) is 0.636. The van der Waals surface area contributed by atoms with Crippen LogP contribution in [0.4, 0.5) is 22.0 Å². The molecule has 0 unspecified atom stereocenters. The molecule has 2 amide bonds. The average molecular weight is 463 g/mol. The summed E-state index contributed by atoms with van der Waals surface area (Å²) >= 11 is 0. The number of hydrogen-bond donors (Lipinski definition) is 2. The Bertz CT molecular complexity index is 790. The summed E-state index contributed by atoms with van der Waals surface area (Å²) in [6.45, 7) is 5.62. The maximum absolute atomic E-state index is 14.0. The quantitative estimate of drug-likeness (QED) is 0.541. The lowest BCUT2D eigenvalue weighted by molar-refractivity contribution is -0.137. The third kappa shape index (κ3) is 7.43. The van der Waals surface area contributed by atoms with E-state index < -0.39 is 41.1 Å². The van der Waals surface area contributed by atoms with Crippen LogP contribution in [0.15, 0.2) is 18.2 Å². The number of hydrogen-bond acceptors (Lipinski definition) is 3. The van der Waals surface area contributed by atoms with Crippen molar-refractivity contribution in [2.75, 3.05) is 32.7 Å². The highest BCUT2D eigenvalue weighted by Crippen LogP contribution is 2.37. The Morgan fingerprint density at radius 2 is 1.62 bits per heavy atom. The monoisotopic (exact) mass is 463 g/mol. The third-order valence-corrected chi connectivity index (χ3v) is 5.59. The number of alkyl halides is 5. The predicted molar refractivity (Wildman–Crippen MR) is 110 cm³/mol. The number of carbonyl (C=O) groups is 2. The van der Waals surface area contributed by atoms with Crippen molar-refractivity contribution in [3.8, 4) is 0 Å². The molecule has 0 saturated carbocycles. The number of rotatable bonds is 9. The maximum Gasteiger partial charge on any atom is 0.416 e. The second-order valence-electron chi connectivity index (χ2n) is 8.13. The number of amides is 2. The van der Waals surface area contributed by atoms with E-state index in [1.165, 1.54) is 6.92 Å². The lowest BCUT2D eigenvalue weighted by atomic mass is 9.96. The van der Waals surface area contributed by atoms with Gasteiger partial charge >= 0.3 is 6.18 Å². The molecule has 0 bridgehead atoms. The summed E-state index contributed by atoms with van der Waals surface area (Å²) < 4.78 is 67.6. The van der Waals surface area contributed by atoms with Gasteiger partial charge in [-0.05, 0) is 56.5 Å². The van der Waals surface area contributed by atoms with Gasteiger partial charge in [0.2, 0.25) is 5.91 Å². The summed E-state index contributed by atoms with van der Waals surface area (Å²) in [6.07, 6.45) is -3.24. The van der Waals surface area contributed by atoms with Crippen molar-refractivity contribution in [2.45, 2.75) is 51.6 Å². The molecule has 10 heteroatoms. The first kappa shape index (κ1) is 26.0. The predicted octanol–water partition coefficient (Wildman–Crippen LogP) is 4.18. The summed E-state index contributed by atoms with van der Waals surface area (Å²) in [6, 6.07) is 1.82. The molecule has 0 radical (unpaired) electrons. The number of halogens is 5. The molecule has 0 aromatic heterocycles. The van der Waals surface area contributed by atoms with Crippen LogP contribution in [0, 0.1) is 5.92 Å². The van der Waals surface area contributed by atoms with Crippen LogP contribution in [0.2, 0.25) is 0 Å². The zero-order valence-electron chi connectivity index (χ0n) is 18.3. The molecule has 1 aliphatic rings. The van der Waals surface area contributed by atoms with E-state index in [-0.39, 0.29) is 18.4 Å². The lowest BCUT2D eigenvalue weighted by Crippen LogP contribution is -2.43. The highest BCUT2D eigenvalue weighted by molar-refractivity contribution is 5.94. The molecule has 1 saturated heterocycles. The zero-order chi connectivity index (χ0) is 23.9. The molecular weight excluding hydrogens is 433 g/mol. The topological polar surface area (TPSA) is 61.4 Å². The maximum atomic E-state index is 14.0. The van der Waals surface area contributed by atoms with Crippen molar-refractivity contribution >= 4 is 11.8 Å². The molecule has 2 N–H and O–H groups in total. The van der Waals surface area contributed by atoms with E-state index in [0.717, 1.165) is 12.5 Å². The van der Waals surface area contributed by atoms with Gasteiger partial charge in [0.25, 0.3) is 11.8 Å². The second kappa shape index (κ2) is 11.1.